The summed E-state index contributed by atoms with van der Waals surface area (Å²) in [6, 6.07) is 0. The SMILES string of the molecule is CC(=O)O[C@@H]1C[C@H](CC(=O)O)C[C@H](OC(C)=O)C1. The summed E-state index contributed by atoms with van der Waals surface area (Å²) in [5.74, 6) is -1.84. The minimum atomic E-state index is -0.898. The standard InChI is InChI=1S/C12H18O6/c1-7(13)17-10-3-9(5-12(15)16)4-11(6-10)18-8(2)14/h9-11H,3-6H2,1-2H3,(H,15,16)/t9-,10+,11-. The molecule has 0 aliphatic heterocycles. The Bertz CT molecular complexity index is 279. The Balaban J connectivity index is 2.62. The highest BCUT2D eigenvalue weighted by Crippen LogP contribution is 2.31. The number of hydrogen-bond acceptors (Lipinski definition) is 5. The minimum absolute atomic E-state index is 0.00443. The molecule has 1 rings (SSSR count). The van der Waals surface area contributed by atoms with E-state index in [1.165, 1.54) is 13.8 Å². The molecule has 0 aromatic heterocycles. The van der Waals surface area contributed by atoms with Crippen LogP contribution in [0, 0.1) is 5.92 Å². The first-order chi connectivity index (χ1) is 8.36. The first-order valence-electron chi connectivity index (χ1n) is 5.93. The maximum atomic E-state index is 10.9. The summed E-state index contributed by atoms with van der Waals surface area (Å²) >= 11 is 0. The Labute approximate surface area is 105 Å². The molecule has 0 heterocycles. The van der Waals surface area contributed by atoms with E-state index in [-0.39, 0.29) is 24.5 Å². The summed E-state index contributed by atoms with van der Waals surface area (Å²) in [4.78, 5) is 32.6. The molecule has 1 saturated carbocycles. The number of ether oxygens (including phenoxy) is 2. The molecule has 0 bridgehead atoms. The number of esters is 2. The number of carboxylic acids is 1. The smallest absolute Gasteiger partial charge is 0.303 e. The molecule has 1 N–H and O–H groups in total. The summed E-state index contributed by atoms with van der Waals surface area (Å²) in [6.45, 7) is 2.61. The van der Waals surface area contributed by atoms with Gasteiger partial charge in [-0.25, -0.2) is 0 Å². The molecule has 0 saturated heterocycles. The van der Waals surface area contributed by atoms with E-state index in [4.69, 9.17) is 14.6 Å². The van der Waals surface area contributed by atoms with E-state index >= 15 is 0 Å². The molecule has 0 amide bonds. The average Bonchev–Trinajstić information content (AvgIpc) is 2.12. The molecular formula is C12H18O6. The molecule has 6 heteroatoms. The van der Waals surface area contributed by atoms with Crippen molar-refractivity contribution in [2.45, 2.75) is 51.7 Å². The van der Waals surface area contributed by atoms with Gasteiger partial charge in [0.05, 0.1) is 0 Å². The van der Waals surface area contributed by atoms with Gasteiger partial charge in [-0.05, 0) is 18.8 Å². The van der Waals surface area contributed by atoms with Gasteiger partial charge in [-0.3, -0.25) is 14.4 Å². The molecule has 0 unspecified atom stereocenters. The van der Waals surface area contributed by atoms with Crippen LogP contribution < -0.4 is 0 Å². The topological polar surface area (TPSA) is 89.9 Å². The molecule has 1 fully saturated rings. The summed E-state index contributed by atoms with van der Waals surface area (Å²) in [7, 11) is 0. The number of hydrogen-bond donors (Lipinski definition) is 1. The number of carbonyl (C=O) groups is 3. The zero-order valence-corrected chi connectivity index (χ0v) is 10.5. The highest BCUT2D eigenvalue weighted by molar-refractivity contribution is 5.68. The fourth-order valence-corrected chi connectivity index (χ4v) is 2.40. The van der Waals surface area contributed by atoms with Crippen molar-refractivity contribution in [2.24, 2.45) is 5.92 Å². The monoisotopic (exact) mass is 258 g/mol. The Hall–Kier alpha value is -1.59. The fraction of sp³-hybridized carbons (Fsp3) is 0.750. The van der Waals surface area contributed by atoms with Gasteiger partial charge in [0.25, 0.3) is 0 Å². The van der Waals surface area contributed by atoms with E-state index in [2.05, 4.69) is 0 Å². The second kappa shape index (κ2) is 6.37. The summed E-state index contributed by atoms with van der Waals surface area (Å²) in [5.41, 5.74) is 0. The maximum absolute atomic E-state index is 10.9. The second-order valence-electron chi connectivity index (χ2n) is 4.63. The Kier molecular flexibility index (Phi) is 5.12. The van der Waals surface area contributed by atoms with E-state index < -0.39 is 17.9 Å². The van der Waals surface area contributed by atoms with Crippen LogP contribution in [0.3, 0.4) is 0 Å². The van der Waals surface area contributed by atoms with E-state index in [1.54, 1.807) is 0 Å². The third kappa shape index (κ3) is 5.16. The normalized spacial score (nSPS) is 27.3. The average molecular weight is 258 g/mol. The lowest BCUT2D eigenvalue weighted by Crippen LogP contribution is -2.35. The highest BCUT2D eigenvalue weighted by atomic mass is 16.6. The number of aliphatic carboxylic acids is 1. The molecule has 1 aliphatic rings. The first-order valence-corrected chi connectivity index (χ1v) is 5.93. The van der Waals surface area contributed by atoms with Crippen LogP contribution in [0.25, 0.3) is 0 Å². The van der Waals surface area contributed by atoms with Crippen LogP contribution in [0.2, 0.25) is 0 Å². The van der Waals surface area contributed by atoms with Gasteiger partial charge in [-0.2, -0.15) is 0 Å². The third-order valence-corrected chi connectivity index (χ3v) is 2.85. The van der Waals surface area contributed by atoms with Gasteiger partial charge in [0, 0.05) is 26.7 Å². The van der Waals surface area contributed by atoms with Crippen molar-refractivity contribution < 1.29 is 29.0 Å². The van der Waals surface area contributed by atoms with Crippen molar-refractivity contribution >= 4 is 17.9 Å². The van der Waals surface area contributed by atoms with Crippen LogP contribution in [0.1, 0.15) is 39.5 Å². The molecule has 0 aromatic rings. The van der Waals surface area contributed by atoms with E-state index in [0.717, 1.165) is 0 Å². The lowest BCUT2D eigenvalue weighted by atomic mass is 9.83. The summed E-state index contributed by atoms with van der Waals surface area (Å²) in [6.07, 6.45) is 0.702. The second-order valence-corrected chi connectivity index (χ2v) is 4.63. The van der Waals surface area contributed by atoms with Crippen LogP contribution >= 0.6 is 0 Å². The van der Waals surface area contributed by atoms with Crippen LogP contribution in [0.15, 0.2) is 0 Å². The largest absolute Gasteiger partial charge is 0.481 e. The summed E-state index contributed by atoms with van der Waals surface area (Å²) < 4.78 is 10.2. The molecular weight excluding hydrogens is 240 g/mol. The van der Waals surface area contributed by atoms with Crippen molar-refractivity contribution in [3.05, 3.63) is 0 Å². The zero-order valence-electron chi connectivity index (χ0n) is 10.5. The van der Waals surface area contributed by atoms with Gasteiger partial charge in [-0.1, -0.05) is 0 Å². The van der Waals surface area contributed by atoms with Crippen LogP contribution in [-0.4, -0.2) is 35.2 Å². The number of carbonyl (C=O) groups excluding carboxylic acids is 2. The van der Waals surface area contributed by atoms with Crippen LogP contribution in [-0.2, 0) is 23.9 Å². The minimum Gasteiger partial charge on any atom is -0.481 e. The third-order valence-electron chi connectivity index (χ3n) is 2.85. The molecule has 0 spiro atoms. The van der Waals surface area contributed by atoms with Gasteiger partial charge < -0.3 is 14.6 Å². The predicted octanol–water partition coefficient (Wildman–Crippen LogP) is 1.12. The number of carboxylic acid groups (broad SMARTS) is 1. The van der Waals surface area contributed by atoms with Crippen molar-refractivity contribution in [3.63, 3.8) is 0 Å². The van der Waals surface area contributed by atoms with Gasteiger partial charge in [0.1, 0.15) is 12.2 Å². The van der Waals surface area contributed by atoms with Gasteiger partial charge in [0.15, 0.2) is 0 Å². The number of rotatable bonds is 4. The molecule has 6 nitrogen and oxygen atoms in total. The zero-order chi connectivity index (χ0) is 13.7. The Morgan fingerprint density at radius 2 is 1.44 bits per heavy atom. The van der Waals surface area contributed by atoms with Crippen molar-refractivity contribution in [2.75, 3.05) is 0 Å². The van der Waals surface area contributed by atoms with E-state index in [1.807, 2.05) is 0 Å². The lowest BCUT2D eigenvalue weighted by Gasteiger charge is -2.33. The van der Waals surface area contributed by atoms with Crippen LogP contribution in [0.5, 0.6) is 0 Å². The first kappa shape index (κ1) is 14.5. The molecule has 102 valence electrons. The predicted molar refractivity (Wildman–Crippen MR) is 60.7 cm³/mol. The van der Waals surface area contributed by atoms with E-state index in [9.17, 15) is 14.4 Å². The molecule has 0 radical (unpaired) electrons. The fourth-order valence-electron chi connectivity index (χ4n) is 2.40. The Morgan fingerprint density at radius 1 is 1.00 bits per heavy atom. The lowest BCUT2D eigenvalue weighted by molar-refractivity contribution is -0.158. The summed E-state index contributed by atoms with van der Waals surface area (Å²) in [5, 5.41) is 8.79. The quantitative estimate of drug-likeness (QED) is 0.760. The molecule has 1 aliphatic carbocycles. The highest BCUT2D eigenvalue weighted by Gasteiger charge is 2.33. The van der Waals surface area contributed by atoms with Crippen LogP contribution in [0.4, 0.5) is 0 Å². The maximum Gasteiger partial charge on any atom is 0.303 e. The van der Waals surface area contributed by atoms with Crippen molar-refractivity contribution in [1.29, 1.82) is 0 Å². The molecule has 3 atom stereocenters. The van der Waals surface area contributed by atoms with Gasteiger partial charge in [0.2, 0.25) is 0 Å². The van der Waals surface area contributed by atoms with Crippen molar-refractivity contribution in [3.8, 4) is 0 Å². The molecule has 0 aromatic carbocycles. The van der Waals surface area contributed by atoms with E-state index in [0.29, 0.717) is 19.3 Å². The van der Waals surface area contributed by atoms with Crippen molar-refractivity contribution in [1.82, 2.24) is 0 Å². The van der Waals surface area contributed by atoms with Gasteiger partial charge >= 0.3 is 17.9 Å². The Morgan fingerprint density at radius 3 is 1.78 bits per heavy atom. The molecule has 18 heavy (non-hydrogen) atoms. The van der Waals surface area contributed by atoms with Gasteiger partial charge in [-0.15, -0.1) is 0 Å².